The molecule has 0 rings (SSSR count). The predicted octanol–water partition coefficient (Wildman–Crippen LogP) is -1.73. The molecule has 0 bridgehead atoms. The average molecular weight is 160 g/mol. The van der Waals surface area contributed by atoms with E-state index in [0.717, 1.165) is 0 Å². The van der Waals surface area contributed by atoms with Crippen LogP contribution in [0.4, 0.5) is 0 Å². The molecule has 4 nitrogen and oxygen atoms in total. The average Bonchev–Trinajstić information content (AvgIpc) is 0.722. The van der Waals surface area contributed by atoms with Crippen LogP contribution in [0.3, 0.4) is 0 Å². The first kappa shape index (κ1) is 10.6. The summed E-state index contributed by atoms with van der Waals surface area (Å²) in [5.74, 6) is 0. The normalized spacial score (nSPS) is 9.67. The third kappa shape index (κ3) is 44.2. The second kappa shape index (κ2) is 3.65. The molecule has 0 aromatic carbocycles. The molecule has 6 heavy (non-hydrogen) atoms. The van der Waals surface area contributed by atoms with Crippen LogP contribution >= 0.6 is 0 Å². The first-order valence-corrected chi connectivity index (χ1v) is 2.67. The van der Waals surface area contributed by atoms with Crippen LogP contribution < -0.4 is 0 Å². The van der Waals surface area contributed by atoms with E-state index < -0.39 is 13.4 Å². The molecule has 0 aromatic rings. The Bertz CT molecular complexity index is 90.7. The summed E-state index contributed by atoms with van der Waals surface area (Å²) >= 11 is -5.12. The Balaban J connectivity index is 0. The van der Waals surface area contributed by atoms with Crippen molar-refractivity contribution in [1.29, 1.82) is 0 Å². The third-order valence-electron chi connectivity index (χ3n) is 0. The van der Waals surface area contributed by atoms with E-state index in [0.29, 0.717) is 0 Å². The Morgan fingerprint density at radius 3 is 1.17 bits per heavy atom. The maximum atomic E-state index is 8.80. The van der Waals surface area contributed by atoms with Gasteiger partial charge in [0.05, 0.1) is 0 Å². The van der Waals surface area contributed by atoms with Gasteiger partial charge in [-0.05, 0) is 0 Å². The summed E-state index contributed by atoms with van der Waals surface area (Å²) in [6, 6.07) is 0. The maximum absolute atomic E-state index is 8.80. The Hall–Kier alpha value is 1.68. The van der Waals surface area contributed by atoms with E-state index in [2.05, 4.69) is 0 Å². The SMILES string of the molecule is [K].[O]=[Mn](=[O])([OH])[OH]. The van der Waals surface area contributed by atoms with Gasteiger partial charge in [-0.15, -0.1) is 0 Å². The topological polar surface area (TPSA) is 74.6 Å². The molecule has 2 N–H and O–H groups in total. The Labute approximate surface area is 79.3 Å². The van der Waals surface area contributed by atoms with Gasteiger partial charge in [0.15, 0.2) is 0 Å². The summed E-state index contributed by atoms with van der Waals surface area (Å²) in [5.41, 5.74) is 0. The van der Waals surface area contributed by atoms with Gasteiger partial charge in [0.2, 0.25) is 0 Å². The summed E-state index contributed by atoms with van der Waals surface area (Å²) in [5, 5.41) is 0. The summed E-state index contributed by atoms with van der Waals surface area (Å²) < 4.78 is 31.8. The van der Waals surface area contributed by atoms with Crippen molar-refractivity contribution in [2.24, 2.45) is 0 Å². The summed E-state index contributed by atoms with van der Waals surface area (Å²) in [6.45, 7) is 0. The van der Waals surface area contributed by atoms with E-state index in [9.17, 15) is 0 Å². The third-order valence-corrected chi connectivity index (χ3v) is 0. The van der Waals surface area contributed by atoms with E-state index in [1.54, 1.807) is 0 Å². The molecule has 0 aliphatic heterocycles. The van der Waals surface area contributed by atoms with Crippen molar-refractivity contribution in [3.8, 4) is 0 Å². The van der Waals surface area contributed by atoms with Gasteiger partial charge in [0.1, 0.15) is 0 Å². The standard InChI is InChI=1S/K.Mn.2H2O.2O/h;;2*1H2;;/q;+2;;;;/p-2. The number of rotatable bonds is 0. The van der Waals surface area contributed by atoms with E-state index >= 15 is 0 Å². The monoisotopic (exact) mass is 160 g/mol. The summed E-state index contributed by atoms with van der Waals surface area (Å²) in [6.07, 6.45) is 0. The van der Waals surface area contributed by atoms with Gasteiger partial charge in [-0.3, -0.25) is 0 Å². The van der Waals surface area contributed by atoms with Crippen LogP contribution in [0.2, 0.25) is 0 Å². The van der Waals surface area contributed by atoms with E-state index in [4.69, 9.17) is 16.0 Å². The fraction of sp³-hybridized carbons (Fsp3) is 0. The molecule has 6 heteroatoms. The number of hydrogen-bond acceptors (Lipinski definition) is 2. The molecule has 0 aliphatic carbocycles. The fourth-order valence-corrected chi connectivity index (χ4v) is 0. The van der Waals surface area contributed by atoms with Gasteiger partial charge < -0.3 is 0 Å². The Morgan fingerprint density at radius 1 is 1.17 bits per heavy atom. The molecule has 34 valence electrons. The van der Waals surface area contributed by atoms with Crippen molar-refractivity contribution in [2.45, 2.75) is 0 Å². The van der Waals surface area contributed by atoms with Gasteiger partial charge in [0.25, 0.3) is 0 Å². The second-order valence-corrected chi connectivity index (χ2v) is 1.71. The first-order valence-electron chi connectivity index (χ1n) is 0.647. The zero-order chi connectivity index (χ0) is 4.50. The van der Waals surface area contributed by atoms with Gasteiger partial charge in [-0.1, -0.05) is 0 Å². The first-order chi connectivity index (χ1) is 2.00. The Morgan fingerprint density at radius 2 is 1.17 bits per heavy atom. The van der Waals surface area contributed by atoms with Crippen molar-refractivity contribution < 1.29 is 29.4 Å². The molecule has 0 atom stereocenters. The second-order valence-electron chi connectivity index (χ2n) is 0.415. The Kier molecular flexibility index (Phi) is 6.46. The van der Waals surface area contributed by atoms with Crippen LogP contribution in [-0.4, -0.2) is 59.8 Å². The molecule has 0 unspecified atom stereocenters. The minimum atomic E-state index is -5.12. The molecular formula is H2KMnO4. The van der Waals surface area contributed by atoms with E-state index in [1.807, 2.05) is 0 Å². The fourth-order valence-electron chi connectivity index (χ4n) is 0. The summed E-state index contributed by atoms with van der Waals surface area (Å²) in [4.78, 5) is 0. The van der Waals surface area contributed by atoms with Crippen molar-refractivity contribution in [3.63, 3.8) is 0 Å². The quantitative estimate of drug-likeness (QED) is 0.413. The van der Waals surface area contributed by atoms with Crippen LogP contribution in [0.5, 0.6) is 0 Å². The van der Waals surface area contributed by atoms with Gasteiger partial charge in [-0.2, -0.15) is 0 Å². The predicted molar refractivity (Wildman–Crippen MR) is 11.6 cm³/mol. The molecule has 0 saturated carbocycles. The van der Waals surface area contributed by atoms with Crippen LogP contribution in [0.1, 0.15) is 0 Å². The van der Waals surface area contributed by atoms with Gasteiger partial charge in [-0.25, -0.2) is 0 Å². The molecule has 0 heterocycles. The molecule has 0 aromatic heterocycles. The molecule has 0 amide bonds. The van der Waals surface area contributed by atoms with Crippen LogP contribution in [-0.2, 0) is 21.0 Å². The zero-order valence-electron chi connectivity index (χ0n) is 3.09. The van der Waals surface area contributed by atoms with Crippen LogP contribution in [0.25, 0.3) is 0 Å². The molecular weight excluding hydrogens is 158 g/mol. The van der Waals surface area contributed by atoms with Crippen molar-refractivity contribution in [1.82, 2.24) is 0 Å². The molecule has 0 saturated heterocycles. The van der Waals surface area contributed by atoms with E-state index in [-0.39, 0.29) is 51.4 Å². The van der Waals surface area contributed by atoms with Crippen molar-refractivity contribution in [2.75, 3.05) is 0 Å². The number of hydrogen-bond donors (Lipinski definition) is 2. The summed E-state index contributed by atoms with van der Waals surface area (Å²) in [7, 11) is 0. The van der Waals surface area contributed by atoms with Crippen molar-refractivity contribution in [3.05, 3.63) is 0 Å². The van der Waals surface area contributed by atoms with E-state index in [1.165, 1.54) is 0 Å². The minimum absolute atomic E-state index is 0. The van der Waals surface area contributed by atoms with Crippen molar-refractivity contribution >= 4 is 51.4 Å². The molecule has 0 fully saturated rings. The van der Waals surface area contributed by atoms with Crippen LogP contribution in [0, 0.1) is 0 Å². The zero-order valence-corrected chi connectivity index (χ0v) is 7.39. The molecule has 0 spiro atoms. The van der Waals surface area contributed by atoms with Gasteiger partial charge in [0, 0.05) is 51.4 Å². The van der Waals surface area contributed by atoms with Crippen LogP contribution in [0.15, 0.2) is 0 Å². The molecule has 1 radical (unpaired) electrons. The molecule has 0 aliphatic rings. The van der Waals surface area contributed by atoms with Gasteiger partial charge >= 0.3 is 29.4 Å².